The Hall–Kier alpha value is -0.880. The van der Waals surface area contributed by atoms with Crippen molar-refractivity contribution in [3.05, 3.63) is 12.7 Å². The molecule has 0 aliphatic rings. The van der Waals surface area contributed by atoms with E-state index in [1.165, 1.54) is 0 Å². The molecule has 0 saturated heterocycles. The summed E-state index contributed by atoms with van der Waals surface area (Å²) in [4.78, 5) is 11.1. The molecule has 0 bridgehead atoms. The molecular weight excluding hydrogens is 254 g/mol. The minimum absolute atomic E-state index is 0.419. The molecule has 0 rings (SSSR count). The zero-order chi connectivity index (χ0) is 14.0. The van der Waals surface area contributed by atoms with Gasteiger partial charge < -0.3 is 5.32 Å². The fraction of sp³-hybridized carbons (Fsp3) is 0.750. The predicted octanol–water partition coefficient (Wildman–Crippen LogP) is 1.91. The van der Waals surface area contributed by atoms with E-state index in [1.807, 2.05) is 0 Å². The van der Waals surface area contributed by atoms with Crippen LogP contribution >= 0.6 is 0 Å². The summed E-state index contributed by atoms with van der Waals surface area (Å²) in [7, 11) is -4.07. The van der Waals surface area contributed by atoms with Crippen LogP contribution in [0.1, 0.15) is 45.4 Å². The van der Waals surface area contributed by atoms with Crippen molar-refractivity contribution in [1.82, 2.24) is 5.32 Å². The predicted molar refractivity (Wildman–Crippen MR) is 71.9 cm³/mol. The number of rotatable bonds is 10. The van der Waals surface area contributed by atoms with Crippen molar-refractivity contribution in [2.45, 2.75) is 51.5 Å². The van der Waals surface area contributed by atoms with E-state index < -0.39 is 27.8 Å². The zero-order valence-corrected chi connectivity index (χ0v) is 11.7. The van der Waals surface area contributed by atoms with Gasteiger partial charge in [-0.3, -0.25) is 9.35 Å². The van der Waals surface area contributed by atoms with E-state index in [2.05, 4.69) is 18.8 Å². The van der Waals surface area contributed by atoms with Crippen LogP contribution in [0.25, 0.3) is 0 Å². The van der Waals surface area contributed by atoms with Gasteiger partial charge in [-0.1, -0.05) is 45.6 Å². The summed E-state index contributed by atoms with van der Waals surface area (Å²) in [6.45, 7) is 5.42. The molecule has 1 unspecified atom stereocenters. The molecule has 0 aliphatic carbocycles. The van der Waals surface area contributed by atoms with Crippen LogP contribution in [0.15, 0.2) is 12.7 Å². The molecule has 0 aromatic rings. The number of hydrogen-bond acceptors (Lipinski definition) is 3. The third kappa shape index (κ3) is 10.3. The van der Waals surface area contributed by atoms with E-state index in [0.29, 0.717) is 6.42 Å². The summed E-state index contributed by atoms with van der Waals surface area (Å²) in [6.07, 6.45) is 6.86. The summed E-state index contributed by atoms with van der Waals surface area (Å²) in [5.41, 5.74) is 0. The Morgan fingerprint density at radius 3 is 2.44 bits per heavy atom. The van der Waals surface area contributed by atoms with Gasteiger partial charge in [-0.2, -0.15) is 8.42 Å². The second-order valence-electron chi connectivity index (χ2n) is 4.36. The number of nitrogens with one attached hydrogen (secondary N) is 1. The monoisotopic (exact) mass is 277 g/mol. The van der Waals surface area contributed by atoms with Crippen LogP contribution in [0, 0.1) is 0 Å². The summed E-state index contributed by atoms with van der Waals surface area (Å²) in [5, 5.41) is 2.52. The van der Waals surface area contributed by atoms with Gasteiger partial charge in [-0.05, 0) is 12.5 Å². The largest absolute Gasteiger partial charge is 0.349 e. The Kier molecular flexibility index (Phi) is 8.66. The lowest BCUT2D eigenvalue weighted by Gasteiger charge is -2.16. The summed E-state index contributed by atoms with van der Waals surface area (Å²) >= 11 is 0. The highest BCUT2D eigenvalue weighted by atomic mass is 32.2. The number of unbranched alkanes of at least 4 members (excludes halogenated alkanes) is 4. The first kappa shape index (κ1) is 17.1. The Morgan fingerprint density at radius 2 is 1.94 bits per heavy atom. The second-order valence-corrected chi connectivity index (χ2v) is 5.86. The maximum atomic E-state index is 11.1. The number of carbonyl (C=O) groups is 1. The van der Waals surface area contributed by atoms with Crippen molar-refractivity contribution in [3.63, 3.8) is 0 Å². The quantitative estimate of drug-likeness (QED) is 0.363. The average molecular weight is 277 g/mol. The molecule has 2 N–H and O–H groups in total. The van der Waals surface area contributed by atoms with Crippen molar-refractivity contribution in [3.8, 4) is 0 Å². The van der Waals surface area contributed by atoms with Crippen LogP contribution in [-0.4, -0.2) is 30.7 Å². The molecule has 1 atom stereocenters. The van der Waals surface area contributed by atoms with E-state index in [1.54, 1.807) is 0 Å². The lowest BCUT2D eigenvalue weighted by Crippen LogP contribution is -2.38. The Labute approximate surface area is 109 Å². The first-order valence-electron chi connectivity index (χ1n) is 6.27. The van der Waals surface area contributed by atoms with Gasteiger partial charge in [-0.15, -0.1) is 0 Å². The minimum Gasteiger partial charge on any atom is -0.349 e. The Bertz CT molecular complexity index is 351. The molecule has 18 heavy (non-hydrogen) atoms. The van der Waals surface area contributed by atoms with Crippen molar-refractivity contribution in [1.29, 1.82) is 0 Å². The van der Waals surface area contributed by atoms with Gasteiger partial charge in [0.2, 0.25) is 5.91 Å². The molecule has 0 aromatic heterocycles. The lowest BCUT2D eigenvalue weighted by atomic mass is 10.1. The molecular formula is C12H23NO4S. The van der Waals surface area contributed by atoms with Crippen LogP contribution in [0.5, 0.6) is 0 Å². The molecule has 0 saturated carbocycles. The topological polar surface area (TPSA) is 83.5 Å². The van der Waals surface area contributed by atoms with Crippen LogP contribution in [0.2, 0.25) is 0 Å². The van der Waals surface area contributed by atoms with E-state index in [-0.39, 0.29) is 0 Å². The lowest BCUT2D eigenvalue weighted by molar-refractivity contribution is -0.117. The number of hydrogen-bond donors (Lipinski definition) is 2. The molecule has 6 heteroatoms. The van der Waals surface area contributed by atoms with E-state index in [0.717, 1.165) is 38.2 Å². The van der Waals surface area contributed by atoms with E-state index in [9.17, 15) is 13.2 Å². The molecule has 5 nitrogen and oxygen atoms in total. The Balaban J connectivity index is 4.13. The van der Waals surface area contributed by atoms with Crippen molar-refractivity contribution in [2.24, 2.45) is 0 Å². The SMILES string of the molecule is C=CC(=O)NC(CCCCCCC)CS(=O)(=O)O. The molecule has 0 aliphatic heterocycles. The van der Waals surface area contributed by atoms with E-state index in [4.69, 9.17) is 4.55 Å². The van der Waals surface area contributed by atoms with Crippen molar-refractivity contribution >= 4 is 16.0 Å². The van der Waals surface area contributed by atoms with Gasteiger partial charge in [0, 0.05) is 6.04 Å². The molecule has 0 aromatic carbocycles. The molecule has 1 amide bonds. The van der Waals surface area contributed by atoms with E-state index >= 15 is 0 Å². The van der Waals surface area contributed by atoms with Crippen molar-refractivity contribution in [2.75, 3.05) is 5.75 Å². The van der Waals surface area contributed by atoms with Crippen LogP contribution < -0.4 is 5.32 Å². The van der Waals surface area contributed by atoms with Gasteiger partial charge in [0.1, 0.15) is 0 Å². The smallest absolute Gasteiger partial charge is 0.266 e. The van der Waals surface area contributed by atoms with Crippen LogP contribution in [-0.2, 0) is 14.9 Å². The summed E-state index contributed by atoms with van der Waals surface area (Å²) < 4.78 is 30.5. The fourth-order valence-electron chi connectivity index (χ4n) is 1.71. The standard InChI is InChI=1S/C12H23NO4S/c1-3-5-6-7-8-9-11(10-18(15,16)17)13-12(14)4-2/h4,11H,2-3,5-10H2,1H3,(H,13,14)(H,15,16,17). The Morgan fingerprint density at radius 1 is 1.33 bits per heavy atom. The highest BCUT2D eigenvalue weighted by Gasteiger charge is 2.17. The van der Waals surface area contributed by atoms with Crippen LogP contribution in [0.4, 0.5) is 0 Å². The average Bonchev–Trinajstić information content (AvgIpc) is 2.26. The van der Waals surface area contributed by atoms with Gasteiger partial charge in [0.25, 0.3) is 10.1 Å². The molecule has 0 spiro atoms. The summed E-state index contributed by atoms with van der Waals surface area (Å²) in [5.74, 6) is -0.863. The van der Waals surface area contributed by atoms with Gasteiger partial charge in [0.15, 0.2) is 0 Å². The minimum atomic E-state index is -4.07. The highest BCUT2D eigenvalue weighted by molar-refractivity contribution is 7.85. The number of carbonyl (C=O) groups excluding carboxylic acids is 1. The maximum Gasteiger partial charge on any atom is 0.266 e. The third-order valence-electron chi connectivity index (χ3n) is 2.60. The molecule has 0 fully saturated rings. The second kappa shape index (κ2) is 9.10. The highest BCUT2D eigenvalue weighted by Crippen LogP contribution is 2.08. The van der Waals surface area contributed by atoms with Gasteiger partial charge in [0.05, 0.1) is 5.75 Å². The molecule has 106 valence electrons. The van der Waals surface area contributed by atoms with Gasteiger partial charge >= 0.3 is 0 Å². The fourth-order valence-corrected chi connectivity index (χ4v) is 2.46. The molecule has 0 radical (unpaired) electrons. The van der Waals surface area contributed by atoms with Crippen LogP contribution in [0.3, 0.4) is 0 Å². The number of amides is 1. The maximum absolute atomic E-state index is 11.1. The van der Waals surface area contributed by atoms with Gasteiger partial charge in [-0.25, -0.2) is 0 Å². The first-order valence-corrected chi connectivity index (χ1v) is 7.88. The zero-order valence-electron chi connectivity index (χ0n) is 10.9. The molecule has 0 heterocycles. The first-order chi connectivity index (χ1) is 8.39. The van der Waals surface area contributed by atoms with Crippen molar-refractivity contribution < 1.29 is 17.8 Å². The third-order valence-corrected chi connectivity index (χ3v) is 3.42. The summed E-state index contributed by atoms with van der Waals surface area (Å²) in [6, 6.07) is -0.549. The normalized spacial score (nSPS) is 13.0.